The van der Waals surface area contributed by atoms with Gasteiger partial charge in [0.15, 0.2) is 5.96 Å². The van der Waals surface area contributed by atoms with Crippen molar-refractivity contribution in [3.63, 3.8) is 0 Å². The van der Waals surface area contributed by atoms with Crippen molar-refractivity contribution in [3.8, 4) is 11.5 Å². The van der Waals surface area contributed by atoms with Gasteiger partial charge in [0.2, 0.25) is 0 Å². The minimum Gasteiger partial charge on any atom is -0.497 e. The van der Waals surface area contributed by atoms with E-state index in [1.807, 2.05) is 35.1 Å². The average Bonchev–Trinajstić information content (AvgIpc) is 3.14. The molecule has 0 radical (unpaired) electrons. The molecule has 0 unspecified atom stereocenters. The molecule has 0 spiro atoms. The summed E-state index contributed by atoms with van der Waals surface area (Å²) in [5, 5.41) is 10.8. The van der Waals surface area contributed by atoms with E-state index >= 15 is 0 Å². The first-order valence-electron chi connectivity index (χ1n) is 7.89. The third-order valence-electron chi connectivity index (χ3n) is 3.58. The molecule has 1 aromatic heterocycles. The lowest BCUT2D eigenvalue weighted by atomic mass is 10.2. The summed E-state index contributed by atoms with van der Waals surface area (Å²) in [7, 11) is 5.05. The number of benzene rings is 1. The van der Waals surface area contributed by atoms with Gasteiger partial charge in [-0.25, -0.2) is 0 Å². The van der Waals surface area contributed by atoms with Crippen molar-refractivity contribution < 1.29 is 9.47 Å². The molecule has 0 saturated carbocycles. The Hall–Kier alpha value is -2.70. The lowest BCUT2D eigenvalue weighted by molar-refractivity contribution is 0.390. The number of hydrogen-bond donors (Lipinski definition) is 2. The Labute approximate surface area is 142 Å². The van der Waals surface area contributed by atoms with Crippen LogP contribution in [0.5, 0.6) is 11.5 Å². The second-order valence-electron chi connectivity index (χ2n) is 5.15. The molecule has 0 saturated heterocycles. The highest BCUT2D eigenvalue weighted by Gasteiger charge is 2.06. The maximum atomic E-state index is 5.40. The molecule has 2 aromatic rings. The number of hydrogen-bond acceptors (Lipinski definition) is 4. The van der Waals surface area contributed by atoms with Crippen molar-refractivity contribution in [2.45, 2.75) is 19.5 Å². The summed E-state index contributed by atoms with van der Waals surface area (Å²) in [5.41, 5.74) is 1.04. The highest BCUT2D eigenvalue weighted by molar-refractivity contribution is 5.79. The van der Waals surface area contributed by atoms with Gasteiger partial charge in [0.05, 0.1) is 14.2 Å². The van der Waals surface area contributed by atoms with Gasteiger partial charge in [-0.1, -0.05) is 0 Å². The summed E-state index contributed by atoms with van der Waals surface area (Å²) in [5.74, 6) is 2.32. The number of guanidine groups is 1. The molecule has 0 atom stereocenters. The molecule has 0 aliphatic carbocycles. The molecular formula is C17H25N5O2. The summed E-state index contributed by atoms with van der Waals surface area (Å²) in [6.07, 6.45) is 4.72. The van der Waals surface area contributed by atoms with Crippen LogP contribution in [-0.2, 0) is 13.1 Å². The van der Waals surface area contributed by atoms with Gasteiger partial charge in [-0.2, -0.15) is 5.10 Å². The Bertz CT molecular complexity index is 640. The largest absolute Gasteiger partial charge is 0.497 e. The van der Waals surface area contributed by atoms with Gasteiger partial charge in [0.1, 0.15) is 11.5 Å². The molecule has 0 bridgehead atoms. The molecule has 0 aliphatic heterocycles. The van der Waals surface area contributed by atoms with Crippen LogP contribution < -0.4 is 20.1 Å². The summed E-state index contributed by atoms with van der Waals surface area (Å²) >= 11 is 0. The van der Waals surface area contributed by atoms with E-state index in [0.717, 1.165) is 42.5 Å². The summed E-state index contributed by atoms with van der Waals surface area (Å²) in [6.45, 7) is 2.31. The zero-order chi connectivity index (χ0) is 17.2. The quantitative estimate of drug-likeness (QED) is 0.437. The van der Waals surface area contributed by atoms with Crippen LogP contribution in [0.25, 0.3) is 0 Å². The fourth-order valence-electron chi connectivity index (χ4n) is 2.28. The predicted molar refractivity (Wildman–Crippen MR) is 94.6 cm³/mol. The topological polar surface area (TPSA) is 72.7 Å². The zero-order valence-electron chi connectivity index (χ0n) is 14.5. The van der Waals surface area contributed by atoms with Crippen LogP contribution in [0.3, 0.4) is 0 Å². The van der Waals surface area contributed by atoms with Crippen molar-refractivity contribution in [3.05, 3.63) is 42.2 Å². The Morgan fingerprint density at radius 3 is 2.79 bits per heavy atom. The van der Waals surface area contributed by atoms with E-state index in [4.69, 9.17) is 9.47 Å². The lowest BCUT2D eigenvalue weighted by Crippen LogP contribution is -2.37. The van der Waals surface area contributed by atoms with Crippen LogP contribution >= 0.6 is 0 Å². The SMILES string of the molecule is CN=C(NCCCn1cccn1)NCc1ccc(OC)cc1OC. The zero-order valence-corrected chi connectivity index (χ0v) is 14.5. The number of aryl methyl sites for hydroxylation is 1. The first-order chi connectivity index (χ1) is 11.8. The van der Waals surface area contributed by atoms with E-state index in [0.29, 0.717) is 6.54 Å². The van der Waals surface area contributed by atoms with Crippen LogP contribution in [0.4, 0.5) is 0 Å². The van der Waals surface area contributed by atoms with Crippen molar-refractivity contribution in [1.82, 2.24) is 20.4 Å². The van der Waals surface area contributed by atoms with E-state index in [1.54, 1.807) is 27.5 Å². The smallest absolute Gasteiger partial charge is 0.191 e. The van der Waals surface area contributed by atoms with E-state index in [2.05, 4.69) is 20.7 Å². The summed E-state index contributed by atoms with van der Waals surface area (Å²) in [4.78, 5) is 4.23. The molecule has 0 aliphatic rings. The first kappa shape index (κ1) is 17.7. The molecule has 130 valence electrons. The van der Waals surface area contributed by atoms with Crippen LogP contribution in [0, 0.1) is 0 Å². The van der Waals surface area contributed by atoms with Gasteiger partial charge >= 0.3 is 0 Å². The number of rotatable bonds is 8. The monoisotopic (exact) mass is 331 g/mol. The number of nitrogens with one attached hydrogen (secondary N) is 2. The van der Waals surface area contributed by atoms with Crippen molar-refractivity contribution in [2.24, 2.45) is 4.99 Å². The molecular weight excluding hydrogens is 306 g/mol. The maximum Gasteiger partial charge on any atom is 0.191 e. The van der Waals surface area contributed by atoms with Gasteiger partial charge in [-0.05, 0) is 24.6 Å². The van der Waals surface area contributed by atoms with Crippen molar-refractivity contribution in [1.29, 1.82) is 0 Å². The van der Waals surface area contributed by atoms with Gasteiger partial charge in [-0.15, -0.1) is 0 Å². The third-order valence-corrected chi connectivity index (χ3v) is 3.58. The van der Waals surface area contributed by atoms with E-state index in [9.17, 15) is 0 Å². The van der Waals surface area contributed by atoms with Crippen LogP contribution in [0.2, 0.25) is 0 Å². The van der Waals surface area contributed by atoms with Crippen molar-refractivity contribution in [2.75, 3.05) is 27.8 Å². The Kier molecular flexibility index (Phi) is 6.94. The molecule has 7 nitrogen and oxygen atoms in total. The van der Waals surface area contributed by atoms with Crippen molar-refractivity contribution >= 4 is 5.96 Å². The number of nitrogens with zero attached hydrogens (tertiary/aromatic N) is 3. The minimum atomic E-state index is 0.617. The molecule has 0 amide bonds. The normalized spacial score (nSPS) is 11.2. The molecule has 1 aromatic carbocycles. The molecule has 1 heterocycles. The van der Waals surface area contributed by atoms with Gasteiger partial charge in [0, 0.05) is 50.7 Å². The Balaban J connectivity index is 1.78. The van der Waals surface area contributed by atoms with Gasteiger partial charge < -0.3 is 20.1 Å². The minimum absolute atomic E-state index is 0.617. The Morgan fingerprint density at radius 1 is 1.25 bits per heavy atom. The first-order valence-corrected chi connectivity index (χ1v) is 7.89. The highest BCUT2D eigenvalue weighted by atomic mass is 16.5. The highest BCUT2D eigenvalue weighted by Crippen LogP contribution is 2.24. The second kappa shape index (κ2) is 9.44. The fourth-order valence-corrected chi connectivity index (χ4v) is 2.28. The van der Waals surface area contributed by atoms with Crippen LogP contribution in [0.15, 0.2) is 41.7 Å². The molecule has 2 N–H and O–H groups in total. The fraction of sp³-hybridized carbons (Fsp3) is 0.412. The molecule has 7 heteroatoms. The standard InChI is InChI=1S/C17H25N5O2/c1-18-17(19-8-4-10-22-11-5-9-21-22)20-13-14-6-7-15(23-2)12-16(14)24-3/h5-7,9,11-12H,4,8,10,13H2,1-3H3,(H2,18,19,20). The number of ether oxygens (including phenoxy) is 2. The van der Waals surface area contributed by atoms with E-state index in [-0.39, 0.29) is 0 Å². The van der Waals surface area contributed by atoms with E-state index in [1.165, 1.54) is 0 Å². The number of aromatic nitrogens is 2. The average molecular weight is 331 g/mol. The van der Waals surface area contributed by atoms with Crippen LogP contribution in [0.1, 0.15) is 12.0 Å². The van der Waals surface area contributed by atoms with E-state index < -0.39 is 0 Å². The summed E-state index contributed by atoms with van der Waals surface area (Å²) in [6, 6.07) is 7.70. The molecule has 24 heavy (non-hydrogen) atoms. The van der Waals surface area contributed by atoms with Gasteiger partial charge in [0.25, 0.3) is 0 Å². The van der Waals surface area contributed by atoms with Gasteiger partial charge in [-0.3, -0.25) is 9.67 Å². The predicted octanol–water partition coefficient (Wildman–Crippen LogP) is 1.66. The molecule has 2 rings (SSSR count). The number of methoxy groups -OCH3 is 2. The lowest BCUT2D eigenvalue weighted by Gasteiger charge is -2.14. The third kappa shape index (κ3) is 5.19. The summed E-state index contributed by atoms with van der Waals surface area (Å²) < 4.78 is 12.5. The number of aliphatic imine (C=N–C) groups is 1. The molecule has 0 fully saturated rings. The maximum absolute atomic E-state index is 5.40. The Morgan fingerprint density at radius 2 is 2.12 bits per heavy atom. The van der Waals surface area contributed by atoms with Crippen LogP contribution in [-0.4, -0.2) is 43.6 Å². The second-order valence-corrected chi connectivity index (χ2v) is 5.15.